The molecular formula is C35H35F8N7O2S. The number of halogens is 8. The maximum Gasteiger partial charge on any atom is 0.417 e. The average Bonchev–Trinajstić information content (AvgIpc) is 3.69. The number of nitrogen functional groups attached to an aromatic ring is 1. The standard InChI is InChI=1S/C20H12F5N5OS.C8H11F2NO.C7H12FN/c1-28-18-8-5-10(20(23,24)25)13(14(22)15(8)29-19(30-18)31-2)7-3-4-11(21)16-12(7)9(6-26)17(27)32-16;9-8(10)5-6(8)7(12)11-3-1-2-4-11;8-6-4-7-2-1-3-9(7)5-6/h3-5H,27H2,1-2H3,(H,28,29,30);6H,1-5H2;6-7H,1-5H2. The Morgan fingerprint density at radius 2 is 1.85 bits per heavy atom. The molecule has 284 valence electrons. The number of hydrogen-bond acceptors (Lipinski definition) is 9. The van der Waals surface area contributed by atoms with Crippen LogP contribution in [0.5, 0.6) is 6.01 Å². The number of nitrogens with two attached hydrogens (primary N) is 1. The number of anilines is 2. The molecular weight excluding hydrogens is 734 g/mol. The third kappa shape index (κ3) is 7.50. The molecule has 0 bridgehead atoms. The van der Waals surface area contributed by atoms with Crippen LogP contribution in [0.1, 0.15) is 49.7 Å². The summed E-state index contributed by atoms with van der Waals surface area (Å²) in [5, 5.41) is 11.5. The van der Waals surface area contributed by atoms with Crippen molar-refractivity contribution in [1.29, 1.82) is 5.26 Å². The van der Waals surface area contributed by atoms with Gasteiger partial charge in [-0.15, -0.1) is 11.3 Å². The Morgan fingerprint density at radius 3 is 2.43 bits per heavy atom. The molecule has 1 amide bonds. The van der Waals surface area contributed by atoms with Gasteiger partial charge in [0.05, 0.1) is 22.9 Å². The quantitative estimate of drug-likeness (QED) is 0.202. The van der Waals surface area contributed by atoms with E-state index >= 15 is 4.39 Å². The van der Waals surface area contributed by atoms with Gasteiger partial charge in [0.1, 0.15) is 40.3 Å². The summed E-state index contributed by atoms with van der Waals surface area (Å²) in [5.74, 6) is -6.22. The maximum atomic E-state index is 15.8. The fourth-order valence-electron chi connectivity index (χ4n) is 7.15. The highest BCUT2D eigenvalue weighted by molar-refractivity contribution is 7.23. The van der Waals surface area contributed by atoms with Gasteiger partial charge in [-0.2, -0.15) is 28.4 Å². The van der Waals surface area contributed by atoms with Crippen LogP contribution in [-0.4, -0.2) is 84.1 Å². The number of rotatable bonds is 4. The van der Waals surface area contributed by atoms with Crippen LogP contribution in [0.25, 0.3) is 32.1 Å². The Balaban J connectivity index is 0.000000183. The summed E-state index contributed by atoms with van der Waals surface area (Å²) in [5.41, 5.74) is 2.55. The lowest BCUT2D eigenvalue weighted by Gasteiger charge is -2.18. The van der Waals surface area contributed by atoms with Crippen molar-refractivity contribution in [2.75, 3.05) is 51.4 Å². The third-order valence-electron chi connectivity index (χ3n) is 9.84. The monoisotopic (exact) mass is 769 g/mol. The number of amides is 1. The average molecular weight is 770 g/mol. The molecule has 4 aliphatic rings. The molecule has 5 heterocycles. The first kappa shape index (κ1) is 38.2. The number of carbonyl (C=O) groups excluding carboxylic acids is 1. The molecule has 53 heavy (non-hydrogen) atoms. The van der Waals surface area contributed by atoms with Crippen LogP contribution in [0.4, 0.5) is 45.9 Å². The van der Waals surface area contributed by atoms with E-state index in [0.717, 1.165) is 37.9 Å². The lowest BCUT2D eigenvalue weighted by molar-refractivity contribution is -0.137. The molecule has 1 saturated carbocycles. The SMILES string of the molecule is CNc1nc(OC)nc2c(F)c(-c3ccc(F)c4sc(N)c(C#N)c34)c(C(F)(F)F)cc12.FC1CC2CCCN2C1.O=C(C1CC1(F)F)N1CCCC1. The van der Waals surface area contributed by atoms with Crippen molar-refractivity contribution in [3.63, 3.8) is 0 Å². The van der Waals surface area contributed by atoms with Gasteiger partial charge in [0.2, 0.25) is 5.91 Å². The number of alkyl halides is 6. The highest BCUT2D eigenvalue weighted by Crippen LogP contribution is 2.50. The first-order valence-electron chi connectivity index (χ1n) is 16.9. The molecule has 2 aromatic heterocycles. The molecule has 1 aliphatic carbocycles. The van der Waals surface area contributed by atoms with Gasteiger partial charge in [0, 0.05) is 55.5 Å². The molecule has 2 aromatic carbocycles. The summed E-state index contributed by atoms with van der Waals surface area (Å²) in [6.45, 7) is 3.20. The molecule has 9 nitrogen and oxygen atoms in total. The fraction of sp³-hybridized carbons (Fsp3) is 0.486. The molecule has 3 N–H and O–H groups in total. The minimum absolute atomic E-state index is 0.0791. The smallest absolute Gasteiger partial charge is 0.417 e. The molecule has 0 spiro atoms. The van der Waals surface area contributed by atoms with Gasteiger partial charge >= 0.3 is 12.2 Å². The van der Waals surface area contributed by atoms with Crippen LogP contribution in [0.15, 0.2) is 18.2 Å². The number of likely N-dealkylation sites (tertiary alicyclic amines) is 1. The van der Waals surface area contributed by atoms with E-state index < -0.39 is 52.5 Å². The number of hydrogen-bond donors (Lipinski definition) is 2. The number of aromatic nitrogens is 2. The maximum absolute atomic E-state index is 15.8. The van der Waals surface area contributed by atoms with Crippen molar-refractivity contribution in [3.05, 3.63) is 41.0 Å². The van der Waals surface area contributed by atoms with Crippen molar-refractivity contribution >= 4 is 49.1 Å². The summed E-state index contributed by atoms with van der Waals surface area (Å²) in [4.78, 5) is 22.9. The van der Waals surface area contributed by atoms with E-state index in [1.165, 1.54) is 27.0 Å². The van der Waals surface area contributed by atoms with Gasteiger partial charge in [0.25, 0.3) is 5.92 Å². The lowest BCUT2D eigenvalue weighted by Crippen LogP contribution is -2.30. The zero-order valence-corrected chi connectivity index (χ0v) is 29.4. The summed E-state index contributed by atoms with van der Waals surface area (Å²) >= 11 is 0.695. The van der Waals surface area contributed by atoms with E-state index in [9.17, 15) is 40.8 Å². The van der Waals surface area contributed by atoms with Crippen LogP contribution < -0.4 is 15.8 Å². The Hall–Kier alpha value is -4.50. The predicted octanol–water partition coefficient (Wildman–Crippen LogP) is 7.77. The molecule has 0 radical (unpaired) electrons. The minimum Gasteiger partial charge on any atom is -0.467 e. The number of methoxy groups -OCH3 is 1. The zero-order chi connectivity index (χ0) is 38.4. The van der Waals surface area contributed by atoms with Gasteiger partial charge < -0.3 is 20.7 Å². The van der Waals surface area contributed by atoms with E-state index in [4.69, 9.17) is 10.5 Å². The molecule has 3 saturated heterocycles. The van der Waals surface area contributed by atoms with E-state index in [1.807, 2.05) is 0 Å². The largest absolute Gasteiger partial charge is 0.467 e. The van der Waals surface area contributed by atoms with Gasteiger partial charge in [-0.05, 0) is 56.3 Å². The van der Waals surface area contributed by atoms with Crippen molar-refractivity contribution in [2.24, 2.45) is 5.92 Å². The minimum atomic E-state index is -5.00. The molecule has 3 atom stereocenters. The van der Waals surface area contributed by atoms with E-state index in [-0.39, 0.29) is 55.8 Å². The van der Waals surface area contributed by atoms with Crippen LogP contribution in [0.2, 0.25) is 0 Å². The fourth-order valence-corrected chi connectivity index (χ4v) is 8.10. The summed E-state index contributed by atoms with van der Waals surface area (Å²) < 4.78 is 115. The van der Waals surface area contributed by atoms with Crippen molar-refractivity contribution < 1.29 is 44.7 Å². The lowest BCUT2D eigenvalue weighted by atomic mass is 9.92. The predicted molar refractivity (Wildman–Crippen MR) is 183 cm³/mol. The van der Waals surface area contributed by atoms with Gasteiger partial charge in [-0.1, -0.05) is 6.07 Å². The number of benzene rings is 2. The van der Waals surface area contributed by atoms with E-state index in [0.29, 0.717) is 43.1 Å². The first-order valence-corrected chi connectivity index (χ1v) is 17.7. The Morgan fingerprint density at radius 1 is 1.15 bits per heavy atom. The number of fused-ring (bicyclic) bond motifs is 3. The Labute approximate surface area is 302 Å². The number of nitrogens with one attached hydrogen (secondary N) is 1. The number of nitrogens with zero attached hydrogens (tertiary/aromatic N) is 5. The highest BCUT2D eigenvalue weighted by Gasteiger charge is 2.62. The third-order valence-corrected chi connectivity index (χ3v) is 10.9. The second-order valence-corrected chi connectivity index (χ2v) is 14.3. The van der Waals surface area contributed by atoms with Crippen LogP contribution in [-0.2, 0) is 11.0 Å². The van der Waals surface area contributed by atoms with Crippen LogP contribution in [0.3, 0.4) is 0 Å². The normalized spacial score (nSPS) is 21.8. The molecule has 3 aliphatic heterocycles. The van der Waals surface area contributed by atoms with Crippen LogP contribution in [0, 0.1) is 28.9 Å². The van der Waals surface area contributed by atoms with Crippen LogP contribution >= 0.6 is 11.3 Å². The molecule has 4 fully saturated rings. The summed E-state index contributed by atoms with van der Waals surface area (Å²) in [7, 11) is 2.62. The number of thiophene rings is 1. The number of ether oxygens (including phenoxy) is 1. The van der Waals surface area contributed by atoms with Crippen molar-refractivity contribution in [2.45, 2.75) is 62.8 Å². The molecule has 8 rings (SSSR count). The van der Waals surface area contributed by atoms with Gasteiger partial charge in [-0.3, -0.25) is 9.69 Å². The second-order valence-electron chi connectivity index (χ2n) is 13.2. The summed E-state index contributed by atoms with van der Waals surface area (Å²) in [6.07, 6.45) is -0.492. The second kappa shape index (κ2) is 14.7. The topological polar surface area (TPSA) is 120 Å². The Kier molecular flexibility index (Phi) is 10.6. The number of carbonyl (C=O) groups is 1. The van der Waals surface area contributed by atoms with Crippen molar-refractivity contribution in [3.8, 4) is 23.2 Å². The highest BCUT2D eigenvalue weighted by atomic mass is 32.1. The van der Waals surface area contributed by atoms with Gasteiger partial charge in [0.15, 0.2) is 5.82 Å². The first-order chi connectivity index (χ1) is 25.1. The summed E-state index contributed by atoms with van der Waals surface area (Å²) in [6, 6.07) is 4.70. The van der Waals surface area contributed by atoms with Crippen molar-refractivity contribution in [1.82, 2.24) is 19.8 Å². The number of nitriles is 1. The molecule has 3 unspecified atom stereocenters. The molecule has 18 heteroatoms. The van der Waals surface area contributed by atoms with Gasteiger partial charge in [-0.25, -0.2) is 22.0 Å². The molecule has 4 aromatic rings. The zero-order valence-electron chi connectivity index (χ0n) is 28.6. The van der Waals surface area contributed by atoms with E-state index in [1.54, 1.807) is 11.0 Å². The van der Waals surface area contributed by atoms with E-state index in [2.05, 4.69) is 20.2 Å². The Bertz CT molecular complexity index is 2060.